The lowest BCUT2D eigenvalue weighted by molar-refractivity contribution is 0.0343. The van der Waals surface area contributed by atoms with E-state index < -0.39 is 10.1 Å². The van der Waals surface area contributed by atoms with Gasteiger partial charge in [-0.2, -0.15) is 13.4 Å². The minimum Gasteiger partial charge on any atom is -0.493 e. The molecule has 0 atom stereocenters. The third-order valence-electron chi connectivity index (χ3n) is 7.02. The summed E-state index contributed by atoms with van der Waals surface area (Å²) in [5.41, 5.74) is 22.4. The van der Waals surface area contributed by atoms with Gasteiger partial charge in [-0.1, -0.05) is 12.1 Å². The second-order valence-electron chi connectivity index (χ2n) is 10.3. The van der Waals surface area contributed by atoms with Gasteiger partial charge in [0.05, 0.1) is 31.1 Å². The van der Waals surface area contributed by atoms with Crippen molar-refractivity contribution < 1.29 is 22.1 Å². The van der Waals surface area contributed by atoms with Gasteiger partial charge in [0.2, 0.25) is 5.95 Å². The normalized spacial score (nSPS) is 16.1. The number of nitrogen functional groups attached to an aromatic ring is 3. The van der Waals surface area contributed by atoms with E-state index in [1.54, 1.807) is 12.3 Å². The van der Waals surface area contributed by atoms with Crippen molar-refractivity contribution in [1.29, 1.82) is 0 Å². The Morgan fingerprint density at radius 1 is 1.05 bits per heavy atom. The van der Waals surface area contributed by atoms with Crippen LogP contribution in [0.1, 0.15) is 36.5 Å². The Labute approximate surface area is 234 Å². The SMILES string of the molecule is CCOc1cc(Cc2cnc(N)nc2N)cc(OS(=O)(=O)CC2CC2)c1-c1ccc(CN2CCOCC2)c(N)c1. The second kappa shape index (κ2) is 11.9. The van der Waals surface area contributed by atoms with E-state index in [4.69, 9.17) is 30.9 Å². The molecule has 0 bridgehead atoms. The molecule has 1 aromatic heterocycles. The Morgan fingerprint density at radius 3 is 2.48 bits per heavy atom. The standard InChI is InChI=1S/C28H36N6O5S/c1-2-38-24-12-19(11-22-15-32-28(31)33-27(22)30)13-25(39-40(35,36)17-18-3-4-18)26(24)20-5-6-21(23(29)14-20)16-34-7-9-37-10-8-34/h5-6,12-15,18H,2-4,7-11,16-17,29H2,1H3,(H4,30,31,32,33). The molecule has 1 saturated carbocycles. The number of hydrogen-bond acceptors (Lipinski definition) is 11. The smallest absolute Gasteiger partial charge is 0.309 e. The molecule has 0 unspecified atom stereocenters. The van der Waals surface area contributed by atoms with Crippen molar-refractivity contribution in [1.82, 2.24) is 14.9 Å². The molecule has 5 rings (SSSR count). The van der Waals surface area contributed by atoms with Crippen LogP contribution in [-0.4, -0.2) is 61.9 Å². The van der Waals surface area contributed by atoms with E-state index in [-0.39, 0.29) is 29.2 Å². The molecule has 0 spiro atoms. The summed E-state index contributed by atoms with van der Waals surface area (Å²) in [6.45, 7) is 6.03. The minimum atomic E-state index is -3.85. The zero-order valence-corrected chi connectivity index (χ0v) is 23.5. The summed E-state index contributed by atoms with van der Waals surface area (Å²) in [4.78, 5) is 10.4. The topological polar surface area (TPSA) is 169 Å². The lowest BCUT2D eigenvalue weighted by Crippen LogP contribution is -2.35. The van der Waals surface area contributed by atoms with Crippen molar-refractivity contribution in [3.05, 3.63) is 53.2 Å². The number of ether oxygens (including phenoxy) is 2. The Kier molecular flexibility index (Phi) is 8.29. The lowest BCUT2D eigenvalue weighted by Gasteiger charge is -2.27. The van der Waals surface area contributed by atoms with E-state index in [1.165, 1.54) is 0 Å². The molecule has 2 aromatic carbocycles. The monoisotopic (exact) mass is 568 g/mol. The van der Waals surface area contributed by atoms with Crippen LogP contribution in [0.3, 0.4) is 0 Å². The summed E-state index contributed by atoms with van der Waals surface area (Å²) >= 11 is 0. The van der Waals surface area contributed by atoms with Crippen molar-refractivity contribution in [3.8, 4) is 22.6 Å². The molecule has 1 aliphatic carbocycles. The van der Waals surface area contributed by atoms with Crippen molar-refractivity contribution in [2.45, 2.75) is 32.7 Å². The second-order valence-corrected chi connectivity index (χ2v) is 11.9. The first kappa shape index (κ1) is 27.9. The maximum Gasteiger partial charge on any atom is 0.309 e. The number of rotatable bonds is 11. The molecule has 2 heterocycles. The molecule has 214 valence electrons. The molecule has 3 aromatic rings. The molecule has 6 N–H and O–H groups in total. The Bertz CT molecular complexity index is 1470. The van der Waals surface area contributed by atoms with Gasteiger partial charge in [-0.25, -0.2) is 4.98 Å². The molecule has 40 heavy (non-hydrogen) atoms. The van der Waals surface area contributed by atoms with Crippen molar-refractivity contribution in [2.24, 2.45) is 5.92 Å². The van der Waals surface area contributed by atoms with Crippen molar-refractivity contribution in [3.63, 3.8) is 0 Å². The highest BCUT2D eigenvalue weighted by Crippen LogP contribution is 2.43. The number of anilines is 3. The highest BCUT2D eigenvalue weighted by atomic mass is 32.2. The molecule has 2 aliphatic rings. The predicted molar refractivity (Wildman–Crippen MR) is 154 cm³/mol. The maximum absolute atomic E-state index is 13.0. The molecule has 11 nitrogen and oxygen atoms in total. The van der Waals surface area contributed by atoms with Crippen LogP contribution in [0.25, 0.3) is 11.1 Å². The highest BCUT2D eigenvalue weighted by Gasteiger charge is 2.30. The summed E-state index contributed by atoms with van der Waals surface area (Å²) < 4.78 is 43.4. The first-order chi connectivity index (χ1) is 19.2. The Morgan fingerprint density at radius 2 is 1.80 bits per heavy atom. The maximum atomic E-state index is 13.0. The molecule has 0 amide bonds. The van der Waals surface area contributed by atoms with Crippen LogP contribution in [0.2, 0.25) is 0 Å². The van der Waals surface area contributed by atoms with Gasteiger partial charge in [0, 0.05) is 43.5 Å². The van der Waals surface area contributed by atoms with Crippen LogP contribution in [0, 0.1) is 5.92 Å². The average molecular weight is 569 g/mol. The van der Waals surface area contributed by atoms with Gasteiger partial charge < -0.3 is 30.9 Å². The lowest BCUT2D eigenvalue weighted by atomic mass is 9.97. The highest BCUT2D eigenvalue weighted by molar-refractivity contribution is 7.87. The van der Waals surface area contributed by atoms with Gasteiger partial charge in [0.1, 0.15) is 11.6 Å². The van der Waals surface area contributed by atoms with Gasteiger partial charge in [-0.15, -0.1) is 0 Å². The van der Waals surface area contributed by atoms with Crippen LogP contribution in [0.5, 0.6) is 11.5 Å². The number of nitrogens with zero attached hydrogens (tertiary/aromatic N) is 3. The number of benzene rings is 2. The van der Waals surface area contributed by atoms with E-state index in [0.717, 1.165) is 37.1 Å². The largest absolute Gasteiger partial charge is 0.493 e. The van der Waals surface area contributed by atoms with Gasteiger partial charge in [-0.05, 0) is 60.6 Å². The van der Waals surface area contributed by atoms with Crippen LogP contribution in [0.15, 0.2) is 36.5 Å². The van der Waals surface area contributed by atoms with E-state index >= 15 is 0 Å². The van der Waals surface area contributed by atoms with E-state index in [0.29, 0.717) is 60.9 Å². The predicted octanol–water partition coefficient (Wildman–Crippen LogP) is 2.83. The average Bonchev–Trinajstić information content (AvgIpc) is 3.71. The summed E-state index contributed by atoms with van der Waals surface area (Å²) in [5, 5.41) is 0. The fourth-order valence-corrected chi connectivity index (χ4v) is 6.18. The van der Waals surface area contributed by atoms with Gasteiger partial charge in [0.25, 0.3) is 0 Å². The van der Waals surface area contributed by atoms with Crippen LogP contribution >= 0.6 is 0 Å². The third-order valence-corrected chi connectivity index (χ3v) is 8.34. The third kappa shape index (κ3) is 6.93. The molecule has 12 heteroatoms. The summed E-state index contributed by atoms with van der Waals surface area (Å²) in [7, 11) is -3.85. The van der Waals surface area contributed by atoms with Crippen molar-refractivity contribution >= 4 is 27.6 Å². The summed E-state index contributed by atoms with van der Waals surface area (Å²) in [5.74, 6) is 1.09. The number of morpholine rings is 1. The molecular formula is C28H36N6O5S. The molecule has 0 radical (unpaired) electrons. The molecule has 1 aliphatic heterocycles. The van der Waals surface area contributed by atoms with E-state index in [2.05, 4.69) is 14.9 Å². The van der Waals surface area contributed by atoms with Gasteiger partial charge in [0.15, 0.2) is 5.75 Å². The van der Waals surface area contributed by atoms with Gasteiger partial charge >= 0.3 is 10.1 Å². The fourth-order valence-electron chi connectivity index (χ4n) is 4.79. The summed E-state index contributed by atoms with van der Waals surface area (Å²) in [6, 6.07) is 9.30. The number of aromatic nitrogens is 2. The number of hydrogen-bond donors (Lipinski definition) is 3. The number of nitrogens with two attached hydrogens (primary N) is 3. The Balaban J connectivity index is 1.54. The Hall–Kier alpha value is -3.61. The first-order valence-corrected chi connectivity index (χ1v) is 15.1. The van der Waals surface area contributed by atoms with E-state index in [9.17, 15) is 8.42 Å². The molecule has 1 saturated heterocycles. The first-order valence-electron chi connectivity index (χ1n) is 13.5. The zero-order valence-electron chi connectivity index (χ0n) is 22.6. The van der Waals surface area contributed by atoms with Crippen LogP contribution in [-0.2, 0) is 27.8 Å². The van der Waals surface area contributed by atoms with Crippen molar-refractivity contribution in [2.75, 3.05) is 55.9 Å². The molecular weight excluding hydrogens is 532 g/mol. The minimum absolute atomic E-state index is 0.0278. The summed E-state index contributed by atoms with van der Waals surface area (Å²) in [6.07, 6.45) is 3.66. The quantitative estimate of drug-likeness (QED) is 0.230. The van der Waals surface area contributed by atoms with Gasteiger partial charge in [-0.3, -0.25) is 4.90 Å². The molecule has 2 fully saturated rings. The zero-order chi connectivity index (χ0) is 28.3. The van der Waals surface area contributed by atoms with Crippen LogP contribution in [0.4, 0.5) is 17.5 Å². The fraction of sp³-hybridized carbons (Fsp3) is 0.429. The van der Waals surface area contributed by atoms with E-state index in [1.807, 2.05) is 31.2 Å². The van der Waals surface area contributed by atoms with Crippen LogP contribution < -0.4 is 26.1 Å².